The van der Waals surface area contributed by atoms with Gasteiger partial charge in [-0.25, -0.2) is 4.98 Å². The van der Waals surface area contributed by atoms with E-state index in [4.69, 9.17) is 4.98 Å². The molecular weight excluding hydrogens is 463 g/mol. The number of rotatable bonds is 6. The highest BCUT2D eigenvalue weighted by Crippen LogP contribution is 2.41. The van der Waals surface area contributed by atoms with Crippen molar-refractivity contribution >= 4 is 37.2 Å². The Kier molecular flexibility index (Phi) is 11.2. The third-order valence-electron chi connectivity index (χ3n) is 6.29. The maximum atomic E-state index is 5.23. The molecule has 2 N–H and O–H groups in total. The molecule has 1 saturated heterocycles. The van der Waals surface area contributed by atoms with Gasteiger partial charge in [0.05, 0.1) is 11.2 Å². The fourth-order valence-corrected chi connectivity index (χ4v) is 4.77. The summed E-state index contributed by atoms with van der Waals surface area (Å²) >= 11 is 0. The Hall–Kier alpha value is -1.56. The number of aryl methyl sites for hydroxylation is 1. The van der Waals surface area contributed by atoms with Gasteiger partial charge in [0, 0.05) is 37.4 Å². The summed E-state index contributed by atoms with van der Waals surface area (Å²) in [5.74, 6) is 1.39. The average Bonchev–Trinajstić information content (AvgIpc) is 3.16. The Labute approximate surface area is 210 Å². The van der Waals surface area contributed by atoms with Gasteiger partial charge in [0.2, 0.25) is 0 Å². The first-order valence-corrected chi connectivity index (χ1v) is 10.7. The van der Waals surface area contributed by atoms with Crippen molar-refractivity contribution in [2.75, 3.05) is 26.2 Å². The lowest BCUT2D eigenvalue weighted by Gasteiger charge is -2.48. The van der Waals surface area contributed by atoms with E-state index in [9.17, 15) is 0 Å². The van der Waals surface area contributed by atoms with E-state index in [0.29, 0.717) is 5.92 Å². The fourth-order valence-electron chi connectivity index (χ4n) is 4.77. The molecule has 1 aromatic heterocycles. The smallest absolute Gasteiger partial charge is 0.137 e. The second-order valence-electron chi connectivity index (χ2n) is 8.40. The SMILES string of the molecule is Cc1[nH]c(-c2ccccc2)nc1C(Cc1ccccc1)(C(C)C)N1CCNCC1.Cl.Cl.Cl. The zero-order valence-corrected chi connectivity index (χ0v) is 21.5. The van der Waals surface area contributed by atoms with Gasteiger partial charge in [-0.3, -0.25) is 4.90 Å². The van der Waals surface area contributed by atoms with E-state index in [-0.39, 0.29) is 42.8 Å². The van der Waals surface area contributed by atoms with Crippen LogP contribution < -0.4 is 5.32 Å². The maximum absolute atomic E-state index is 5.23. The minimum Gasteiger partial charge on any atom is -0.342 e. The third-order valence-corrected chi connectivity index (χ3v) is 6.29. The monoisotopic (exact) mass is 496 g/mol. The number of imidazole rings is 1. The van der Waals surface area contributed by atoms with Gasteiger partial charge in [-0.05, 0) is 24.8 Å². The van der Waals surface area contributed by atoms with Crippen molar-refractivity contribution in [3.63, 3.8) is 0 Å². The van der Waals surface area contributed by atoms with Crippen molar-refractivity contribution in [1.82, 2.24) is 20.2 Å². The summed E-state index contributed by atoms with van der Waals surface area (Å²) in [4.78, 5) is 11.5. The molecule has 1 atom stereocenters. The Morgan fingerprint density at radius 1 is 0.906 bits per heavy atom. The first kappa shape index (κ1) is 28.5. The van der Waals surface area contributed by atoms with Crippen LogP contribution in [0.1, 0.15) is 30.8 Å². The van der Waals surface area contributed by atoms with Crippen molar-refractivity contribution in [3.8, 4) is 11.4 Å². The molecule has 32 heavy (non-hydrogen) atoms. The van der Waals surface area contributed by atoms with Crippen LogP contribution in [-0.4, -0.2) is 41.0 Å². The molecule has 1 fully saturated rings. The summed E-state index contributed by atoms with van der Waals surface area (Å²) in [5, 5.41) is 3.52. The average molecular weight is 498 g/mol. The number of piperazine rings is 1. The van der Waals surface area contributed by atoms with Crippen LogP contribution in [-0.2, 0) is 12.0 Å². The molecule has 3 aromatic rings. The number of aromatic nitrogens is 2. The van der Waals surface area contributed by atoms with Gasteiger partial charge >= 0.3 is 0 Å². The quantitative estimate of drug-likeness (QED) is 0.462. The number of nitrogens with zero attached hydrogens (tertiary/aromatic N) is 2. The molecule has 7 heteroatoms. The van der Waals surface area contributed by atoms with Gasteiger partial charge in [0.25, 0.3) is 0 Å². The van der Waals surface area contributed by atoms with Crippen LogP contribution >= 0.6 is 37.2 Å². The summed E-state index contributed by atoms with van der Waals surface area (Å²) in [6, 6.07) is 21.3. The Morgan fingerprint density at radius 2 is 1.47 bits per heavy atom. The molecule has 176 valence electrons. The molecule has 1 aliphatic heterocycles. The Balaban J connectivity index is 0.00000171. The Bertz CT molecular complexity index is 925. The predicted octanol–water partition coefficient (Wildman–Crippen LogP) is 5.65. The van der Waals surface area contributed by atoms with Gasteiger partial charge in [-0.2, -0.15) is 0 Å². The summed E-state index contributed by atoms with van der Waals surface area (Å²) < 4.78 is 0. The molecule has 2 aromatic carbocycles. The Morgan fingerprint density at radius 3 is 2.03 bits per heavy atom. The van der Waals surface area contributed by atoms with E-state index >= 15 is 0 Å². The van der Waals surface area contributed by atoms with Gasteiger partial charge in [0.15, 0.2) is 0 Å². The second kappa shape index (κ2) is 12.6. The van der Waals surface area contributed by atoms with Gasteiger partial charge in [-0.1, -0.05) is 74.5 Å². The van der Waals surface area contributed by atoms with Crippen LogP contribution in [0.5, 0.6) is 0 Å². The molecule has 4 nitrogen and oxygen atoms in total. The van der Waals surface area contributed by atoms with Crippen LogP contribution in [0.3, 0.4) is 0 Å². The molecule has 1 unspecified atom stereocenters. The largest absolute Gasteiger partial charge is 0.342 e. The molecule has 0 aliphatic carbocycles. The van der Waals surface area contributed by atoms with E-state index in [0.717, 1.165) is 44.0 Å². The zero-order chi connectivity index (χ0) is 20.3. The maximum Gasteiger partial charge on any atom is 0.137 e. The first-order valence-electron chi connectivity index (χ1n) is 10.7. The number of H-pyrrole nitrogens is 1. The van der Waals surface area contributed by atoms with Crippen LogP contribution in [0.15, 0.2) is 60.7 Å². The van der Waals surface area contributed by atoms with Gasteiger partial charge in [0.1, 0.15) is 5.82 Å². The molecule has 2 heterocycles. The van der Waals surface area contributed by atoms with Crippen LogP contribution in [0.4, 0.5) is 0 Å². The summed E-state index contributed by atoms with van der Waals surface area (Å²) in [6.45, 7) is 11.0. The van der Waals surface area contributed by atoms with Crippen molar-refractivity contribution in [2.24, 2.45) is 5.92 Å². The zero-order valence-electron chi connectivity index (χ0n) is 19.0. The van der Waals surface area contributed by atoms with E-state index in [1.165, 1.54) is 17.0 Å². The van der Waals surface area contributed by atoms with E-state index in [1.54, 1.807) is 0 Å². The normalized spacial score (nSPS) is 15.8. The molecule has 0 radical (unpaired) electrons. The lowest BCUT2D eigenvalue weighted by Crippen LogP contribution is -2.58. The molecule has 0 bridgehead atoms. The lowest BCUT2D eigenvalue weighted by molar-refractivity contribution is 0.0253. The number of benzene rings is 2. The highest BCUT2D eigenvalue weighted by atomic mass is 35.5. The molecule has 1 aliphatic rings. The number of hydrogen-bond donors (Lipinski definition) is 2. The fraction of sp³-hybridized carbons (Fsp3) is 0.400. The number of aromatic amines is 1. The topological polar surface area (TPSA) is 44.0 Å². The highest BCUT2D eigenvalue weighted by Gasteiger charge is 2.45. The third kappa shape index (κ3) is 5.67. The van der Waals surface area contributed by atoms with Crippen molar-refractivity contribution in [2.45, 2.75) is 32.7 Å². The minimum absolute atomic E-state index is 0. The van der Waals surface area contributed by atoms with Gasteiger partial charge in [-0.15, -0.1) is 37.2 Å². The minimum atomic E-state index is -0.142. The molecule has 0 saturated carbocycles. The highest BCUT2D eigenvalue weighted by molar-refractivity contribution is 5.86. The van der Waals surface area contributed by atoms with Crippen LogP contribution in [0, 0.1) is 12.8 Å². The van der Waals surface area contributed by atoms with E-state index in [1.807, 2.05) is 0 Å². The number of halogens is 3. The van der Waals surface area contributed by atoms with Crippen molar-refractivity contribution in [1.29, 1.82) is 0 Å². The van der Waals surface area contributed by atoms with Crippen LogP contribution in [0.2, 0.25) is 0 Å². The summed E-state index contributed by atoms with van der Waals surface area (Å²) in [5.41, 5.74) is 4.73. The van der Waals surface area contributed by atoms with Crippen molar-refractivity contribution < 1.29 is 0 Å². The van der Waals surface area contributed by atoms with E-state index < -0.39 is 0 Å². The molecule has 0 spiro atoms. The van der Waals surface area contributed by atoms with Crippen molar-refractivity contribution in [3.05, 3.63) is 77.6 Å². The summed E-state index contributed by atoms with van der Waals surface area (Å²) in [7, 11) is 0. The number of nitrogens with one attached hydrogen (secondary N) is 2. The predicted molar refractivity (Wildman–Crippen MR) is 142 cm³/mol. The second-order valence-corrected chi connectivity index (χ2v) is 8.40. The molecule has 4 rings (SSSR count). The van der Waals surface area contributed by atoms with Crippen LogP contribution in [0.25, 0.3) is 11.4 Å². The number of hydrogen-bond acceptors (Lipinski definition) is 3. The molecule has 0 amide bonds. The standard InChI is InChI=1S/C25H32N4.3ClH/c1-19(2)25(29-16-14-26-15-17-29,18-21-10-6-4-7-11-21)23-20(3)27-24(28-23)22-12-8-5-9-13-22;;;/h4-13,19,26H,14-18H2,1-3H3,(H,27,28);3*1H. The first-order chi connectivity index (χ1) is 14.1. The van der Waals surface area contributed by atoms with E-state index in [2.05, 4.69) is 96.6 Å². The summed E-state index contributed by atoms with van der Waals surface area (Å²) in [6.07, 6.45) is 0.964. The van der Waals surface area contributed by atoms with Gasteiger partial charge < -0.3 is 10.3 Å². The lowest BCUT2D eigenvalue weighted by atomic mass is 9.75. The molecular formula is C25H35Cl3N4.